The Morgan fingerprint density at radius 2 is 2.12 bits per heavy atom. The van der Waals surface area contributed by atoms with Crippen LogP contribution in [0.3, 0.4) is 0 Å². The fourth-order valence-electron chi connectivity index (χ4n) is 1.40. The van der Waals surface area contributed by atoms with Crippen LogP contribution in [-0.2, 0) is 14.3 Å². The second-order valence-corrected chi connectivity index (χ2v) is 3.05. The van der Waals surface area contributed by atoms with Gasteiger partial charge < -0.3 is 9.47 Å². The van der Waals surface area contributed by atoms with Gasteiger partial charge in [0.1, 0.15) is 12.0 Å². The molecule has 0 saturated heterocycles. The third-order valence-electron chi connectivity index (χ3n) is 2.17. The van der Waals surface area contributed by atoms with E-state index in [1.54, 1.807) is 0 Å². The van der Waals surface area contributed by atoms with Gasteiger partial charge in [-0.25, -0.2) is 19.5 Å². The largest absolute Gasteiger partial charge is 0.464 e. The number of aromatic nitrogens is 3. The fourth-order valence-corrected chi connectivity index (χ4v) is 1.40. The first-order valence-corrected chi connectivity index (χ1v) is 4.58. The zero-order chi connectivity index (χ0) is 12.4. The van der Waals surface area contributed by atoms with Crippen molar-refractivity contribution in [2.24, 2.45) is 4.99 Å². The van der Waals surface area contributed by atoms with Crippen LogP contribution in [0.4, 0.5) is 4.79 Å². The van der Waals surface area contributed by atoms with Crippen LogP contribution in [-0.4, -0.2) is 53.3 Å². The summed E-state index contributed by atoms with van der Waals surface area (Å²) in [4.78, 5) is 28.1. The summed E-state index contributed by atoms with van der Waals surface area (Å²) in [6, 6.07) is 0. The quantitative estimate of drug-likeness (QED) is 0.554. The summed E-state index contributed by atoms with van der Waals surface area (Å²) < 4.78 is 9.15. The van der Waals surface area contributed by atoms with Crippen molar-refractivity contribution in [3.05, 3.63) is 10.8 Å². The number of carbonyl (C=O) groups excluding carboxylic acids is 2. The minimum atomic E-state index is -0.714. The van der Waals surface area contributed by atoms with Crippen LogP contribution in [0.25, 0.3) is 5.70 Å². The summed E-state index contributed by atoms with van der Waals surface area (Å²) in [6.07, 6.45) is -0.714. The second kappa shape index (κ2) is 4.20. The number of hydrogen-bond acceptors (Lipinski definition) is 7. The van der Waals surface area contributed by atoms with Gasteiger partial charge in [-0.15, -0.1) is 5.10 Å². The van der Waals surface area contributed by atoms with Gasteiger partial charge in [0, 0.05) is 0 Å². The number of nitrogens with one attached hydrogen (secondary N) is 1. The molecule has 0 unspecified atom stereocenters. The van der Waals surface area contributed by atoms with Gasteiger partial charge in [-0.3, -0.25) is 5.10 Å². The Morgan fingerprint density at radius 3 is 2.76 bits per heavy atom. The standard InChI is InChI=1S/C8H9N5O4/c1-16-7(14)5-4-6(11-12-10-4)9-3-13(5)8(15)17-2/h3H2,1-2H3,(H,9,10,11). The summed E-state index contributed by atoms with van der Waals surface area (Å²) in [5.74, 6) is -0.697. The van der Waals surface area contributed by atoms with Crippen LogP contribution in [0.2, 0.25) is 0 Å². The van der Waals surface area contributed by atoms with Gasteiger partial charge in [0.2, 0.25) is 5.49 Å². The topological polar surface area (TPSA) is 110 Å². The number of aromatic amines is 1. The Balaban J connectivity index is 2.63. The van der Waals surface area contributed by atoms with Crippen molar-refractivity contribution in [2.75, 3.05) is 20.9 Å². The smallest absolute Gasteiger partial charge is 0.415 e. The molecule has 1 aromatic rings. The molecule has 2 heterocycles. The summed E-state index contributed by atoms with van der Waals surface area (Å²) in [6.45, 7) is -0.0728. The Bertz CT molecular complexity index is 577. The lowest BCUT2D eigenvalue weighted by Gasteiger charge is -2.21. The van der Waals surface area contributed by atoms with Crippen molar-refractivity contribution in [2.45, 2.75) is 0 Å². The highest BCUT2D eigenvalue weighted by atomic mass is 16.5. The molecule has 1 N–H and O–H groups in total. The number of H-pyrrole nitrogens is 1. The summed E-state index contributed by atoms with van der Waals surface area (Å²) >= 11 is 0. The first kappa shape index (κ1) is 11.0. The second-order valence-electron chi connectivity index (χ2n) is 3.05. The van der Waals surface area contributed by atoms with Crippen LogP contribution >= 0.6 is 0 Å². The lowest BCUT2D eigenvalue weighted by Crippen LogP contribution is -2.46. The first-order valence-electron chi connectivity index (χ1n) is 4.58. The molecule has 9 nitrogen and oxygen atoms in total. The molecule has 1 aliphatic rings. The molecule has 0 atom stereocenters. The zero-order valence-electron chi connectivity index (χ0n) is 9.13. The van der Waals surface area contributed by atoms with Gasteiger partial charge in [0.05, 0.1) is 14.2 Å². The van der Waals surface area contributed by atoms with Crippen molar-refractivity contribution >= 4 is 17.8 Å². The third kappa shape index (κ3) is 1.71. The van der Waals surface area contributed by atoms with E-state index in [1.165, 1.54) is 14.2 Å². The van der Waals surface area contributed by atoms with Crippen LogP contribution in [0.15, 0.2) is 4.99 Å². The van der Waals surface area contributed by atoms with E-state index >= 15 is 0 Å². The molecular formula is C8H9N5O4. The van der Waals surface area contributed by atoms with Gasteiger partial charge >= 0.3 is 12.1 Å². The number of hydrogen-bond donors (Lipinski definition) is 1. The van der Waals surface area contributed by atoms with Crippen molar-refractivity contribution < 1.29 is 19.1 Å². The predicted molar refractivity (Wildman–Crippen MR) is 51.7 cm³/mol. The number of fused-ring (bicyclic) bond motifs is 1. The first-order chi connectivity index (χ1) is 8.19. The number of carbonyl (C=O) groups is 2. The summed E-state index contributed by atoms with van der Waals surface area (Å²) in [5, 5.41) is 9.90. The van der Waals surface area contributed by atoms with Crippen LogP contribution in [0, 0.1) is 0 Å². The Kier molecular flexibility index (Phi) is 2.73. The van der Waals surface area contributed by atoms with Crippen molar-refractivity contribution in [1.82, 2.24) is 20.3 Å². The summed E-state index contributed by atoms with van der Waals surface area (Å²) in [7, 11) is 2.41. The SMILES string of the molecule is COC(=O)C1=c2[nH]nnc2=NCN1C(=O)OC. The molecule has 0 saturated carbocycles. The Morgan fingerprint density at radius 1 is 1.35 bits per heavy atom. The molecule has 1 aliphatic heterocycles. The highest BCUT2D eigenvalue weighted by Gasteiger charge is 2.29. The Labute approximate surface area is 94.7 Å². The van der Waals surface area contributed by atoms with E-state index < -0.39 is 12.1 Å². The zero-order valence-corrected chi connectivity index (χ0v) is 9.13. The van der Waals surface area contributed by atoms with Gasteiger partial charge in [-0.1, -0.05) is 5.21 Å². The Hall–Kier alpha value is -2.45. The molecule has 0 radical (unpaired) electrons. The maximum atomic E-state index is 11.6. The maximum absolute atomic E-state index is 11.6. The molecule has 1 aromatic heterocycles. The van der Waals surface area contributed by atoms with Crippen LogP contribution < -0.4 is 10.8 Å². The maximum Gasteiger partial charge on any atom is 0.415 e. The minimum Gasteiger partial charge on any atom is -0.464 e. The molecule has 17 heavy (non-hydrogen) atoms. The molecule has 0 aromatic carbocycles. The molecule has 0 spiro atoms. The molecule has 0 fully saturated rings. The van der Waals surface area contributed by atoms with Crippen LogP contribution in [0.5, 0.6) is 0 Å². The van der Waals surface area contributed by atoms with Gasteiger partial charge in [-0.05, 0) is 0 Å². The number of ether oxygens (including phenoxy) is 2. The van der Waals surface area contributed by atoms with E-state index in [2.05, 4.69) is 29.9 Å². The molecule has 0 bridgehead atoms. The molecule has 0 aliphatic carbocycles. The molecule has 1 amide bonds. The molecular weight excluding hydrogens is 230 g/mol. The predicted octanol–water partition coefficient (Wildman–Crippen LogP) is -2.25. The van der Waals surface area contributed by atoms with Gasteiger partial charge in [-0.2, -0.15) is 0 Å². The average Bonchev–Trinajstić information content (AvgIpc) is 2.83. The van der Waals surface area contributed by atoms with Crippen molar-refractivity contribution in [3.8, 4) is 0 Å². The van der Waals surface area contributed by atoms with E-state index in [0.29, 0.717) is 0 Å². The van der Waals surface area contributed by atoms with Crippen molar-refractivity contribution in [1.29, 1.82) is 0 Å². The van der Waals surface area contributed by atoms with E-state index in [4.69, 9.17) is 0 Å². The lowest BCUT2D eigenvalue weighted by atomic mass is 10.3. The number of rotatable bonds is 1. The lowest BCUT2D eigenvalue weighted by molar-refractivity contribution is -0.135. The number of esters is 1. The summed E-state index contributed by atoms with van der Waals surface area (Å²) in [5.41, 5.74) is 0.236. The third-order valence-corrected chi connectivity index (χ3v) is 2.17. The highest BCUT2D eigenvalue weighted by Crippen LogP contribution is 2.09. The van der Waals surface area contributed by atoms with Gasteiger partial charge in [0.25, 0.3) is 0 Å². The van der Waals surface area contributed by atoms with E-state index in [9.17, 15) is 9.59 Å². The average molecular weight is 239 g/mol. The van der Waals surface area contributed by atoms with Crippen LogP contribution in [0.1, 0.15) is 0 Å². The molecule has 9 heteroatoms. The number of nitrogens with zero attached hydrogens (tertiary/aromatic N) is 4. The number of methoxy groups -OCH3 is 2. The van der Waals surface area contributed by atoms with Crippen molar-refractivity contribution in [3.63, 3.8) is 0 Å². The monoisotopic (exact) mass is 239 g/mol. The van der Waals surface area contributed by atoms with E-state index in [1.807, 2.05) is 0 Å². The molecule has 2 rings (SSSR count). The molecule has 90 valence electrons. The highest BCUT2D eigenvalue weighted by molar-refractivity contribution is 6.11. The minimum absolute atomic E-state index is 0.0191. The fraction of sp³-hybridized carbons (Fsp3) is 0.375. The van der Waals surface area contributed by atoms with E-state index in [0.717, 1.165) is 4.90 Å². The number of amides is 1. The normalized spacial score (nSPS) is 13.8. The van der Waals surface area contributed by atoms with E-state index in [-0.39, 0.29) is 23.2 Å². The van der Waals surface area contributed by atoms with Gasteiger partial charge in [0.15, 0.2) is 5.70 Å².